The number of benzene rings is 1. The minimum absolute atomic E-state index is 0.286. The summed E-state index contributed by atoms with van der Waals surface area (Å²) in [7, 11) is 1.64. The first-order valence-corrected chi connectivity index (χ1v) is 10.1. The fourth-order valence-electron chi connectivity index (χ4n) is 4.35. The van der Waals surface area contributed by atoms with Crippen molar-refractivity contribution in [1.29, 1.82) is 0 Å². The zero-order valence-electron chi connectivity index (χ0n) is 16.8. The van der Waals surface area contributed by atoms with Crippen LogP contribution in [0.4, 0.5) is 14.9 Å². The molecule has 1 aromatic carbocycles. The van der Waals surface area contributed by atoms with Crippen LogP contribution in [0.25, 0.3) is 0 Å². The predicted molar refractivity (Wildman–Crippen MR) is 107 cm³/mol. The van der Waals surface area contributed by atoms with Crippen LogP contribution in [-0.4, -0.2) is 56.6 Å². The summed E-state index contributed by atoms with van der Waals surface area (Å²) < 4.78 is 14.9. The number of hydrogen-bond donors (Lipinski definition) is 1. The fraction of sp³-hybridized carbons (Fsp3) is 0.429. The van der Waals surface area contributed by atoms with E-state index in [0.717, 1.165) is 29.7 Å². The molecule has 158 valence electrons. The van der Waals surface area contributed by atoms with Crippen molar-refractivity contribution < 1.29 is 18.8 Å². The average molecular weight is 413 g/mol. The van der Waals surface area contributed by atoms with Crippen LogP contribution < -0.4 is 5.32 Å². The Bertz CT molecular complexity index is 983. The van der Waals surface area contributed by atoms with Gasteiger partial charge in [-0.1, -0.05) is 31.4 Å². The van der Waals surface area contributed by atoms with Crippen molar-refractivity contribution in [1.82, 2.24) is 19.6 Å². The molecule has 2 aliphatic rings. The summed E-state index contributed by atoms with van der Waals surface area (Å²) in [5.41, 5.74) is 0.382. The van der Waals surface area contributed by atoms with Crippen LogP contribution in [0.15, 0.2) is 36.7 Å². The van der Waals surface area contributed by atoms with E-state index in [4.69, 9.17) is 0 Å². The van der Waals surface area contributed by atoms with Crippen molar-refractivity contribution in [2.75, 3.05) is 18.9 Å². The molecule has 0 bridgehead atoms. The highest BCUT2D eigenvalue weighted by Crippen LogP contribution is 2.39. The average Bonchev–Trinajstić information content (AvgIpc) is 3.22. The van der Waals surface area contributed by atoms with Gasteiger partial charge >= 0.3 is 6.03 Å². The van der Waals surface area contributed by atoms with Crippen LogP contribution in [0.2, 0.25) is 0 Å². The molecule has 0 atom stereocenters. The van der Waals surface area contributed by atoms with Gasteiger partial charge in [0.15, 0.2) is 0 Å². The standard InChI is InChI=1S/C21H24FN5O3/c1-25-20(30)27(19(29)21(25)8-3-2-4-9-21)14-18(28)24-17-11-23-26(13-17)12-15-6-5-7-16(22)10-15/h5-7,10-11,13H,2-4,8-9,12,14H2,1H3,(H,24,28). The maximum atomic E-state index is 13.3. The molecule has 2 fully saturated rings. The second-order valence-corrected chi connectivity index (χ2v) is 7.93. The van der Waals surface area contributed by atoms with Crippen molar-refractivity contribution in [2.45, 2.75) is 44.2 Å². The Kier molecular flexibility index (Phi) is 5.27. The Morgan fingerprint density at radius 1 is 1.23 bits per heavy atom. The van der Waals surface area contributed by atoms with Crippen LogP contribution >= 0.6 is 0 Å². The van der Waals surface area contributed by atoms with Crippen LogP contribution in [-0.2, 0) is 16.1 Å². The highest BCUT2D eigenvalue weighted by Gasteiger charge is 2.55. The van der Waals surface area contributed by atoms with Crippen LogP contribution in [0, 0.1) is 5.82 Å². The number of nitrogens with one attached hydrogen (secondary N) is 1. The maximum absolute atomic E-state index is 13.3. The van der Waals surface area contributed by atoms with E-state index in [-0.39, 0.29) is 18.3 Å². The van der Waals surface area contributed by atoms with Gasteiger partial charge in [0.25, 0.3) is 5.91 Å². The number of aromatic nitrogens is 2. The number of carbonyl (C=O) groups excluding carboxylic acids is 3. The predicted octanol–water partition coefficient (Wildman–Crippen LogP) is 2.61. The molecule has 30 heavy (non-hydrogen) atoms. The van der Waals surface area contributed by atoms with Gasteiger partial charge < -0.3 is 10.2 Å². The lowest BCUT2D eigenvalue weighted by atomic mass is 9.81. The van der Waals surface area contributed by atoms with E-state index in [1.54, 1.807) is 30.1 Å². The molecule has 1 N–H and O–H groups in total. The molecule has 1 aromatic heterocycles. The lowest BCUT2D eigenvalue weighted by molar-refractivity contribution is -0.136. The molecule has 1 spiro atoms. The van der Waals surface area contributed by atoms with Crippen LogP contribution in [0.5, 0.6) is 0 Å². The molecule has 2 aromatic rings. The molecule has 1 aliphatic carbocycles. The summed E-state index contributed by atoms with van der Waals surface area (Å²) in [6.45, 7) is 0.0167. The number of carbonyl (C=O) groups is 3. The van der Waals surface area contributed by atoms with Gasteiger partial charge in [-0.2, -0.15) is 5.10 Å². The number of nitrogens with zero attached hydrogens (tertiary/aromatic N) is 4. The first-order valence-electron chi connectivity index (χ1n) is 10.1. The van der Waals surface area contributed by atoms with Gasteiger partial charge in [0.1, 0.15) is 17.9 Å². The highest BCUT2D eigenvalue weighted by atomic mass is 19.1. The van der Waals surface area contributed by atoms with Crippen molar-refractivity contribution >= 4 is 23.5 Å². The SMILES string of the molecule is CN1C(=O)N(CC(=O)Nc2cnn(Cc3cccc(F)c3)c2)C(=O)C12CCCCC2. The largest absolute Gasteiger partial charge is 0.327 e. The summed E-state index contributed by atoms with van der Waals surface area (Å²) in [6, 6.07) is 5.76. The topological polar surface area (TPSA) is 87.5 Å². The van der Waals surface area contributed by atoms with Crippen LogP contribution in [0.3, 0.4) is 0 Å². The Hall–Kier alpha value is -3.23. The molecule has 4 rings (SSSR count). The molecule has 1 aliphatic heterocycles. The third-order valence-corrected chi connectivity index (χ3v) is 5.94. The van der Waals surface area contributed by atoms with E-state index in [1.807, 2.05) is 0 Å². The third-order valence-electron chi connectivity index (χ3n) is 5.94. The molecule has 2 heterocycles. The summed E-state index contributed by atoms with van der Waals surface area (Å²) in [5.74, 6) is -1.08. The van der Waals surface area contributed by atoms with Gasteiger partial charge in [-0.15, -0.1) is 0 Å². The highest BCUT2D eigenvalue weighted by molar-refractivity contribution is 6.10. The minimum Gasteiger partial charge on any atom is -0.322 e. The maximum Gasteiger partial charge on any atom is 0.327 e. The molecule has 0 unspecified atom stereocenters. The second-order valence-electron chi connectivity index (χ2n) is 7.93. The zero-order valence-corrected chi connectivity index (χ0v) is 16.8. The van der Waals surface area contributed by atoms with E-state index in [9.17, 15) is 18.8 Å². The molecule has 4 amide bonds. The van der Waals surface area contributed by atoms with E-state index in [2.05, 4.69) is 10.4 Å². The second kappa shape index (κ2) is 7.89. The number of amides is 4. The quantitative estimate of drug-likeness (QED) is 0.764. The molecule has 1 saturated carbocycles. The Labute approximate surface area is 173 Å². The Morgan fingerprint density at radius 2 is 2.00 bits per heavy atom. The molecular formula is C21H24FN5O3. The summed E-state index contributed by atoms with van der Waals surface area (Å²) in [4.78, 5) is 40.6. The van der Waals surface area contributed by atoms with Crippen LogP contribution in [0.1, 0.15) is 37.7 Å². The van der Waals surface area contributed by atoms with Gasteiger partial charge in [0, 0.05) is 13.2 Å². The number of rotatable bonds is 5. The number of likely N-dealkylation sites (N-methyl/N-ethyl adjacent to an activating group) is 1. The number of imide groups is 1. The minimum atomic E-state index is -0.800. The first kappa shape index (κ1) is 20.1. The summed E-state index contributed by atoms with van der Waals surface area (Å²) in [6.07, 6.45) is 7.21. The summed E-state index contributed by atoms with van der Waals surface area (Å²) in [5, 5.41) is 6.83. The van der Waals surface area contributed by atoms with E-state index in [1.165, 1.54) is 23.2 Å². The number of hydrogen-bond acceptors (Lipinski definition) is 4. The first-order chi connectivity index (χ1) is 14.4. The lowest BCUT2D eigenvalue weighted by Gasteiger charge is -2.35. The number of anilines is 1. The third kappa shape index (κ3) is 3.67. The number of urea groups is 1. The molecular weight excluding hydrogens is 389 g/mol. The smallest absolute Gasteiger partial charge is 0.322 e. The van der Waals surface area contributed by atoms with Gasteiger partial charge in [-0.05, 0) is 30.5 Å². The molecule has 9 heteroatoms. The zero-order chi connectivity index (χ0) is 21.3. The van der Waals surface area contributed by atoms with E-state index in [0.29, 0.717) is 25.1 Å². The molecule has 0 radical (unpaired) electrons. The number of halogens is 1. The van der Waals surface area contributed by atoms with Crippen molar-refractivity contribution in [3.8, 4) is 0 Å². The van der Waals surface area contributed by atoms with E-state index < -0.39 is 17.5 Å². The van der Waals surface area contributed by atoms with Gasteiger partial charge in [-0.3, -0.25) is 19.2 Å². The van der Waals surface area contributed by atoms with Crippen molar-refractivity contribution in [3.63, 3.8) is 0 Å². The molecule has 1 saturated heterocycles. The Morgan fingerprint density at radius 3 is 2.73 bits per heavy atom. The van der Waals surface area contributed by atoms with E-state index >= 15 is 0 Å². The summed E-state index contributed by atoms with van der Waals surface area (Å²) >= 11 is 0. The molecule has 8 nitrogen and oxygen atoms in total. The fourth-order valence-corrected chi connectivity index (χ4v) is 4.35. The van der Waals surface area contributed by atoms with Gasteiger partial charge in [0.2, 0.25) is 5.91 Å². The van der Waals surface area contributed by atoms with Crippen molar-refractivity contribution in [2.24, 2.45) is 0 Å². The normalized spacial score (nSPS) is 18.3. The Balaban J connectivity index is 1.38. The van der Waals surface area contributed by atoms with Gasteiger partial charge in [-0.25, -0.2) is 9.18 Å². The van der Waals surface area contributed by atoms with Crippen molar-refractivity contribution in [3.05, 3.63) is 48.0 Å². The lowest BCUT2D eigenvalue weighted by Crippen LogP contribution is -2.49. The van der Waals surface area contributed by atoms with Gasteiger partial charge in [0.05, 0.1) is 18.4 Å². The monoisotopic (exact) mass is 413 g/mol.